The summed E-state index contributed by atoms with van der Waals surface area (Å²) in [6.45, 7) is 9.04. The zero-order valence-corrected chi connectivity index (χ0v) is 20.4. The Morgan fingerprint density at radius 2 is 2.03 bits per heavy atom. The standard InChI is InChI=1S/C20H29ClN4O3S2/c1-13-19(29-24-23-13)11-22-30(26,27)16-6-7-18(17(21)10-16)25(5)12-14-8-15(9-14)28-20(2,3)4/h6-7,10,14-15,22H,8-9,11-12H2,1-5H3. The van der Waals surface area contributed by atoms with Crippen molar-refractivity contribution in [1.29, 1.82) is 0 Å². The second kappa shape index (κ2) is 9.08. The molecule has 1 aliphatic carbocycles. The quantitative estimate of drug-likeness (QED) is 0.624. The van der Waals surface area contributed by atoms with Gasteiger partial charge in [0.1, 0.15) is 0 Å². The molecule has 0 aliphatic heterocycles. The Labute approximate surface area is 188 Å². The number of hydrogen-bond acceptors (Lipinski definition) is 7. The minimum atomic E-state index is -3.68. The Kier molecular flexibility index (Phi) is 7.08. The fourth-order valence-corrected chi connectivity index (χ4v) is 5.60. The van der Waals surface area contributed by atoms with Gasteiger partial charge in [-0.2, -0.15) is 0 Å². The normalized spacial score (nSPS) is 19.5. The average Bonchev–Trinajstić information content (AvgIpc) is 3.02. The van der Waals surface area contributed by atoms with Crippen LogP contribution in [-0.4, -0.2) is 43.3 Å². The molecule has 1 aromatic heterocycles. The number of ether oxygens (including phenoxy) is 1. The molecule has 1 aliphatic rings. The fraction of sp³-hybridized carbons (Fsp3) is 0.600. The molecule has 10 heteroatoms. The van der Waals surface area contributed by atoms with Crippen LogP contribution in [0.25, 0.3) is 0 Å². The molecule has 0 amide bonds. The van der Waals surface area contributed by atoms with Crippen LogP contribution in [0.3, 0.4) is 0 Å². The highest BCUT2D eigenvalue weighted by Gasteiger charge is 2.33. The van der Waals surface area contributed by atoms with E-state index in [2.05, 4.69) is 40.0 Å². The first-order chi connectivity index (χ1) is 13.9. The topological polar surface area (TPSA) is 84.4 Å². The zero-order valence-electron chi connectivity index (χ0n) is 18.0. The van der Waals surface area contributed by atoms with E-state index >= 15 is 0 Å². The van der Waals surface area contributed by atoms with E-state index in [0.29, 0.717) is 17.0 Å². The van der Waals surface area contributed by atoms with Crippen molar-refractivity contribution in [2.75, 3.05) is 18.5 Å². The highest BCUT2D eigenvalue weighted by molar-refractivity contribution is 7.89. The summed E-state index contributed by atoms with van der Waals surface area (Å²) >= 11 is 7.62. The summed E-state index contributed by atoms with van der Waals surface area (Å²) in [5.41, 5.74) is 1.43. The Hall–Kier alpha value is -1.26. The summed E-state index contributed by atoms with van der Waals surface area (Å²) < 4.78 is 37.6. The number of sulfonamides is 1. The number of nitrogens with zero attached hydrogens (tertiary/aromatic N) is 3. The number of rotatable bonds is 8. The molecule has 0 spiro atoms. The number of benzene rings is 1. The Bertz CT molecular complexity index is 982. The maximum Gasteiger partial charge on any atom is 0.240 e. The van der Waals surface area contributed by atoms with Gasteiger partial charge < -0.3 is 9.64 Å². The van der Waals surface area contributed by atoms with Crippen molar-refractivity contribution in [1.82, 2.24) is 14.3 Å². The Morgan fingerprint density at radius 3 is 2.60 bits per heavy atom. The third kappa shape index (κ3) is 5.91. The molecular weight excluding hydrogens is 444 g/mol. The third-order valence-electron chi connectivity index (χ3n) is 5.05. The van der Waals surface area contributed by atoms with Gasteiger partial charge in [-0.05, 0) is 76.2 Å². The molecule has 2 aromatic rings. The molecule has 0 atom stereocenters. The van der Waals surface area contributed by atoms with Gasteiger partial charge in [-0.3, -0.25) is 0 Å². The molecule has 1 aromatic carbocycles. The largest absolute Gasteiger partial charge is 0.373 e. The van der Waals surface area contributed by atoms with Crippen LogP contribution in [0.1, 0.15) is 44.2 Å². The van der Waals surface area contributed by atoms with Crippen LogP contribution in [-0.2, 0) is 21.3 Å². The molecule has 3 rings (SSSR count). The third-order valence-corrected chi connectivity index (χ3v) is 7.58. The van der Waals surface area contributed by atoms with Crippen molar-refractivity contribution in [3.05, 3.63) is 33.8 Å². The first kappa shape index (κ1) is 23.4. The minimum Gasteiger partial charge on any atom is -0.373 e. The lowest BCUT2D eigenvalue weighted by molar-refractivity contribution is -0.110. The SMILES string of the molecule is Cc1nnsc1CNS(=O)(=O)c1ccc(N(C)CC2CC(OC(C)(C)C)C2)c(Cl)c1. The summed E-state index contributed by atoms with van der Waals surface area (Å²) in [4.78, 5) is 3.01. The predicted octanol–water partition coefficient (Wildman–Crippen LogP) is 4.01. The van der Waals surface area contributed by atoms with Crippen molar-refractivity contribution in [3.63, 3.8) is 0 Å². The number of aryl methyl sites for hydroxylation is 1. The molecule has 0 radical (unpaired) electrons. The molecule has 1 saturated carbocycles. The molecule has 1 fully saturated rings. The first-order valence-electron chi connectivity index (χ1n) is 9.90. The molecular formula is C20H29ClN4O3S2. The maximum absolute atomic E-state index is 12.6. The van der Waals surface area contributed by atoms with Gasteiger partial charge in [0.05, 0.1) is 37.9 Å². The summed E-state index contributed by atoms with van der Waals surface area (Å²) in [5, 5.41) is 4.31. The Balaban J connectivity index is 1.58. The average molecular weight is 473 g/mol. The van der Waals surface area contributed by atoms with Crippen LogP contribution in [0.5, 0.6) is 0 Å². The van der Waals surface area contributed by atoms with Gasteiger partial charge in [-0.15, -0.1) is 5.10 Å². The smallest absolute Gasteiger partial charge is 0.240 e. The highest BCUT2D eigenvalue weighted by Crippen LogP contribution is 2.35. The van der Waals surface area contributed by atoms with Crippen molar-refractivity contribution in [2.45, 2.75) is 63.7 Å². The van der Waals surface area contributed by atoms with Crippen molar-refractivity contribution in [3.8, 4) is 0 Å². The van der Waals surface area contributed by atoms with Crippen LogP contribution < -0.4 is 9.62 Å². The summed E-state index contributed by atoms with van der Waals surface area (Å²) in [5.74, 6) is 0.541. The van der Waals surface area contributed by atoms with E-state index < -0.39 is 10.0 Å². The van der Waals surface area contributed by atoms with Gasteiger partial charge in [0.25, 0.3) is 0 Å². The van der Waals surface area contributed by atoms with Crippen LogP contribution in [0.15, 0.2) is 23.1 Å². The van der Waals surface area contributed by atoms with E-state index in [0.717, 1.165) is 35.6 Å². The monoisotopic (exact) mass is 472 g/mol. The summed E-state index contributed by atoms with van der Waals surface area (Å²) in [7, 11) is -1.70. The van der Waals surface area contributed by atoms with Gasteiger partial charge in [-0.1, -0.05) is 16.1 Å². The molecule has 0 saturated heterocycles. The van der Waals surface area contributed by atoms with Gasteiger partial charge in [-0.25, -0.2) is 13.1 Å². The van der Waals surface area contributed by atoms with Crippen molar-refractivity contribution >= 4 is 38.8 Å². The lowest BCUT2D eigenvalue weighted by Crippen LogP contribution is -2.42. The van der Waals surface area contributed by atoms with E-state index in [1.165, 1.54) is 17.6 Å². The van der Waals surface area contributed by atoms with Crippen molar-refractivity contribution in [2.24, 2.45) is 5.92 Å². The number of hydrogen-bond donors (Lipinski definition) is 1. The lowest BCUT2D eigenvalue weighted by Gasteiger charge is -2.41. The predicted molar refractivity (Wildman–Crippen MR) is 121 cm³/mol. The van der Waals surface area contributed by atoms with Gasteiger partial charge in [0.2, 0.25) is 10.0 Å². The van der Waals surface area contributed by atoms with E-state index in [4.69, 9.17) is 16.3 Å². The zero-order chi connectivity index (χ0) is 22.1. The second-order valence-corrected chi connectivity index (χ2v) is 11.8. The van der Waals surface area contributed by atoms with Gasteiger partial charge in [0, 0.05) is 20.1 Å². The van der Waals surface area contributed by atoms with Crippen molar-refractivity contribution < 1.29 is 13.2 Å². The Morgan fingerprint density at radius 1 is 1.33 bits per heavy atom. The van der Waals surface area contributed by atoms with E-state index in [1.807, 2.05) is 7.05 Å². The fourth-order valence-electron chi connectivity index (χ4n) is 3.53. The number of nitrogens with one attached hydrogen (secondary N) is 1. The van der Waals surface area contributed by atoms with Crippen LogP contribution in [0.4, 0.5) is 5.69 Å². The number of anilines is 1. The second-order valence-electron chi connectivity index (χ2n) is 8.79. The highest BCUT2D eigenvalue weighted by atomic mass is 35.5. The van der Waals surface area contributed by atoms with E-state index in [9.17, 15) is 8.42 Å². The summed E-state index contributed by atoms with van der Waals surface area (Å²) in [6.07, 6.45) is 2.37. The van der Waals surface area contributed by atoms with E-state index in [1.54, 1.807) is 19.1 Å². The van der Waals surface area contributed by atoms with Gasteiger partial charge in [0.15, 0.2) is 0 Å². The molecule has 1 N–H and O–H groups in total. The lowest BCUT2D eigenvalue weighted by atomic mass is 9.81. The molecule has 0 unspecified atom stereocenters. The van der Waals surface area contributed by atoms with Crippen LogP contribution >= 0.6 is 23.1 Å². The first-order valence-corrected chi connectivity index (χ1v) is 12.5. The molecule has 1 heterocycles. The molecule has 7 nitrogen and oxygen atoms in total. The number of halogens is 1. The summed E-state index contributed by atoms with van der Waals surface area (Å²) in [6, 6.07) is 4.85. The maximum atomic E-state index is 12.6. The molecule has 166 valence electrons. The molecule has 0 bridgehead atoms. The molecule has 30 heavy (non-hydrogen) atoms. The number of aromatic nitrogens is 2. The van der Waals surface area contributed by atoms with Crippen LogP contribution in [0.2, 0.25) is 5.02 Å². The van der Waals surface area contributed by atoms with E-state index in [-0.39, 0.29) is 17.0 Å². The van der Waals surface area contributed by atoms with Gasteiger partial charge >= 0.3 is 0 Å². The minimum absolute atomic E-state index is 0.116. The van der Waals surface area contributed by atoms with Crippen LogP contribution in [0, 0.1) is 12.8 Å².